The second-order valence-electron chi connectivity index (χ2n) is 8.30. The lowest BCUT2D eigenvalue weighted by molar-refractivity contribution is -0.884. The van der Waals surface area contributed by atoms with E-state index in [4.69, 9.17) is 0 Å². The maximum Gasteiger partial charge on any atom is 0.119 e. The van der Waals surface area contributed by atoms with Gasteiger partial charge in [0.15, 0.2) is 0 Å². The summed E-state index contributed by atoms with van der Waals surface area (Å²) < 4.78 is 0.897. The minimum Gasteiger partial charge on any atom is -0.508 e. The summed E-state index contributed by atoms with van der Waals surface area (Å²) in [6.07, 6.45) is 14.6. The molecule has 0 bridgehead atoms. The number of quaternary nitrogens is 1. The van der Waals surface area contributed by atoms with Crippen LogP contribution in [0.4, 0.5) is 0 Å². The standard InChI is InChI=1S/C22H39NO/c1-5-6-7-8-9-10-11-12-13-14-17-21-20(19-23(2,3)4)16-15-18-22(21)24/h15-16,18H,5-14,17,19H2,1-4H3/p+1. The quantitative estimate of drug-likeness (QED) is 0.343. The molecule has 0 saturated carbocycles. The van der Waals surface area contributed by atoms with Crippen LogP contribution in [-0.2, 0) is 13.0 Å². The molecule has 0 atom stereocenters. The van der Waals surface area contributed by atoms with Crippen molar-refractivity contribution in [1.29, 1.82) is 0 Å². The lowest BCUT2D eigenvalue weighted by atomic mass is 9.98. The smallest absolute Gasteiger partial charge is 0.119 e. The zero-order chi connectivity index (χ0) is 17.8. The lowest BCUT2D eigenvalue weighted by Gasteiger charge is -2.25. The van der Waals surface area contributed by atoms with Crippen LogP contribution in [-0.4, -0.2) is 30.7 Å². The molecule has 1 aromatic rings. The molecule has 0 unspecified atom stereocenters. The van der Waals surface area contributed by atoms with Crippen LogP contribution >= 0.6 is 0 Å². The van der Waals surface area contributed by atoms with Gasteiger partial charge in [0.05, 0.1) is 21.1 Å². The molecule has 0 amide bonds. The Morgan fingerprint density at radius 1 is 0.792 bits per heavy atom. The fraction of sp³-hybridized carbons (Fsp3) is 0.727. The third-order valence-electron chi connectivity index (χ3n) is 4.67. The highest BCUT2D eigenvalue weighted by Crippen LogP contribution is 2.25. The lowest BCUT2D eigenvalue weighted by Crippen LogP contribution is -2.33. The van der Waals surface area contributed by atoms with Gasteiger partial charge in [0.25, 0.3) is 0 Å². The van der Waals surface area contributed by atoms with Crippen LogP contribution in [0.15, 0.2) is 18.2 Å². The Balaban J connectivity index is 2.25. The summed E-state index contributed by atoms with van der Waals surface area (Å²) in [4.78, 5) is 0. The van der Waals surface area contributed by atoms with Gasteiger partial charge < -0.3 is 9.59 Å². The van der Waals surface area contributed by atoms with Crippen LogP contribution in [0, 0.1) is 0 Å². The van der Waals surface area contributed by atoms with Crippen LogP contribution in [0.2, 0.25) is 0 Å². The van der Waals surface area contributed by atoms with Gasteiger partial charge in [-0.15, -0.1) is 0 Å². The molecular formula is C22H40NO+. The van der Waals surface area contributed by atoms with Gasteiger partial charge in [-0.05, 0) is 18.9 Å². The highest BCUT2D eigenvalue weighted by atomic mass is 16.3. The van der Waals surface area contributed by atoms with E-state index < -0.39 is 0 Å². The zero-order valence-electron chi connectivity index (χ0n) is 16.6. The minimum atomic E-state index is 0.483. The number of hydrogen-bond donors (Lipinski definition) is 1. The first kappa shape index (κ1) is 21.0. The van der Waals surface area contributed by atoms with Crippen LogP contribution in [0.25, 0.3) is 0 Å². The Hall–Kier alpha value is -1.02. The van der Waals surface area contributed by atoms with Crippen LogP contribution < -0.4 is 0 Å². The van der Waals surface area contributed by atoms with E-state index in [-0.39, 0.29) is 0 Å². The SMILES string of the molecule is CCCCCCCCCCCCc1c(O)cccc1C[N+](C)(C)C. The molecule has 2 heteroatoms. The predicted molar refractivity (Wildman–Crippen MR) is 105 cm³/mol. The van der Waals surface area contributed by atoms with Crippen molar-refractivity contribution in [3.8, 4) is 5.75 Å². The van der Waals surface area contributed by atoms with Crippen molar-refractivity contribution >= 4 is 0 Å². The second-order valence-corrected chi connectivity index (χ2v) is 8.30. The van der Waals surface area contributed by atoms with Gasteiger partial charge in [-0.25, -0.2) is 0 Å². The summed E-state index contributed by atoms with van der Waals surface area (Å²) in [5.74, 6) is 0.483. The molecule has 0 saturated heterocycles. The molecule has 1 N–H and O–H groups in total. The predicted octanol–water partition coefficient (Wildman–Crippen LogP) is 6.06. The molecule has 0 aliphatic heterocycles. The molecule has 1 rings (SSSR count). The number of aromatic hydroxyl groups is 1. The Morgan fingerprint density at radius 3 is 1.88 bits per heavy atom. The van der Waals surface area contributed by atoms with E-state index in [1.807, 2.05) is 12.1 Å². The Labute approximate surface area is 150 Å². The molecule has 0 fully saturated rings. The first-order valence-electron chi connectivity index (χ1n) is 10.0. The molecule has 0 spiro atoms. The van der Waals surface area contributed by atoms with Gasteiger partial charge >= 0.3 is 0 Å². The molecule has 0 aliphatic carbocycles. The summed E-state index contributed by atoms with van der Waals surface area (Å²) in [5.41, 5.74) is 2.48. The highest BCUT2D eigenvalue weighted by molar-refractivity contribution is 5.39. The maximum absolute atomic E-state index is 10.2. The monoisotopic (exact) mass is 334 g/mol. The summed E-state index contributed by atoms with van der Waals surface area (Å²) in [6.45, 7) is 3.25. The molecule has 0 heterocycles. The highest BCUT2D eigenvalue weighted by Gasteiger charge is 2.14. The normalized spacial score (nSPS) is 11.8. The van der Waals surface area contributed by atoms with Crippen molar-refractivity contribution in [2.75, 3.05) is 21.1 Å². The number of hydrogen-bond acceptors (Lipinski definition) is 1. The summed E-state index contributed by atoms with van der Waals surface area (Å²) in [5, 5.41) is 10.2. The molecule has 2 nitrogen and oxygen atoms in total. The number of phenols is 1. The summed E-state index contributed by atoms with van der Waals surface area (Å²) in [6, 6.07) is 5.99. The summed E-state index contributed by atoms with van der Waals surface area (Å²) >= 11 is 0. The topological polar surface area (TPSA) is 20.2 Å². The number of phenolic OH excluding ortho intramolecular Hbond substituents is 1. The number of rotatable bonds is 13. The van der Waals surface area contributed by atoms with E-state index in [2.05, 4.69) is 34.1 Å². The van der Waals surface area contributed by atoms with Gasteiger partial charge in [-0.1, -0.05) is 76.8 Å². The average Bonchev–Trinajstić information content (AvgIpc) is 2.50. The van der Waals surface area contributed by atoms with Crippen molar-refractivity contribution in [2.45, 2.75) is 84.1 Å². The van der Waals surface area contributed by atoms with E-state index >= 15 is 0 Å². The summed E-state index contributed by atoms with van der Waals surface area (Å²) in [7, 11) is 6.61. The van der Waals surface area contributed by atoms with E-state index in [1.165, 1.54) is 75.3 Å². The molecule has 1 aromatic carbocycles. The van der Waals surface area contributed by atoms with Gasteiger partial charge in [0.1, 0.15) is 12.3 Å². The van der Waals surface area contributed by atoms with Crippen LogP contribution in [0.3, 0.4) is 0 Å². The molecule has 0 aliphatic rings. The van der Waals surface area contributed by atoms with Gasteiger partial charge in [0, 0.05) is 11.1 Å². The Kier molecular flexibility index (Phi) is 10.1. The first-order chi connectivity index (χ1) is 11.4. The van der Waals surface area contributed by atoms with Gasteiger partial charge in [0.2, 0.25) is 0 Å². The minimum absolute atomic E-state index is 0.483. The van der Waals surface area contributed by atoms with Crippen molar-refractivity contribution in [1.82, 2.24) is 0 Å². The fourth-order valence-corrected chi connectivity index (χ4v) is 3.36. The van der Waals surface area contributed by atoms with Crippen molar-refractivity contribution in [3.63, 3.8) is 0 Å². The molecule has 138 valence electrons. The van der Waals surface area contributed by atoms with E-state index in [1.54, 1.807) is 0 Å². The average molecular weight is 335 g/mol. The Bertz CT molecular complexity index is 448. The zero-order valence-corrected chi connectivity index (χ0v) is 16.6. The van der Waals surface area contributed by atoms with Crippen molar-refractivity contribution in [3.05, 3.63) is 29.3 Å². The molecule has 24 heavy (non-hydrogen) atoms. The largest absolute Gasteiger partial charge is 0.508 e. The number of unbranched alkanes of at least 4 members (excludes halogenated alkanes) is 9. The Morgan fingerprint density at radius 2 is 1.33 bits per heavy atom. The van der Waals surface area contributed by atoms with Crippen LogP contribution in [0.1, 0.15) is 82.3 Å². The third kappa shape index (κ3) is 9.32. The van der Waals surface area contributed by atoms with Crippen molar-refractivity contribution < 1.29 is 9.59 Å². The van der Waals surface area contributed by atoms with E-state index in [9.17, 15) is 5.11 Å². The molecule has 0 radical (unpaired) electrons. The van der Waals surface area contributed by atoms with E-state index in [0.717, 1.165) is 17.4 Å². The van der Waals surface area contributed by atoms with Crippen LogP contribution in [0.5, 0.6) is 5.75 Å². The molecule has 0 aromatic heterocycles. The van der Waals surface area contributed by atoms with Crippen molar-refractivity contribution in [2.24, 2.45) is 0 Å². The van der Waals surface area contributed by atoms with Gasteiger partial charge in [-0.2, -0.15) is 0 Å². The van der Waals surface area contributed by atoms with E-state index in [0.29, 0.717) is 5.75 Å². The number of benzene rings is 1. The second kappa shape index (κ2) is 11.5. The maximum atomic E-state index is 10.2. The van der Waals surface area contributed by atoms with Gasteiger partial charge in [-0.3, -0.25) is 0 Å². The first-order valence-corrected chi connectivity index (χ1v) is 10.0. The molecular weight excluding hydrogens is 294 g/mol. The number of nitrogens with zero attached hydrogens (tertiary/aromatic N) is 1. The third-order valence-corrected chi connectivity index (χ3v) is 4.67. The fourth-order valence-electron chi connectivity index (χ4n) is 3.36.